The average molecular weight is 436 g/mol. The number of nitrogens with two attached hydrogens (primary N) is 1. The molecule has 0 bridgehead atoms. The van der Waals surface area contributed by atoms with Gasteiger partial charge in [0.25, 0.3) is 11.8 Å². The molecule has 0 saturated heterocycles. The molecule has 11 heteroatoms. The lowest BCUT2D eigenvalue weighted by Gasteiger charge is -2.12. The van der Waals surface area contributed by atoms with Crippen LogP contribution in [0.25, 0.3) is 0 Å². The van der Waals surface area contributed by atoms with Crippen molar-refractivity contribution in [2.45, 2.75) is 0 Å². The third kappa shape index (κ3) is 6.67. The van der Waals surface area contributed by atoms with E-state index in [2.05, 4.69) is 5.32 Å². The standard InChI is InChI=1S/C19H18ClN3O7/c1-28-15-7-6-11(8-13(15)20)22-16(24)9-29-14-5-3-2-4-12(14)18(26)30-10-17(25)23-19(21)27/h2-8H,9-10H2,1H3,(H,22,24)(H3,21,23,25,27). The highest BCUT2D eigenvalue weighted by Gasteiger charge is 2.17. The number of amides is 4. The van der Waals surface area contributed by atoms with Crippen LogP contribution in [0.4, 0.5) is 10.5 Å². The Morgan fingerprint density at radius 1 is 1.00 bits per heavy atom. The van der Waals surface area contributed by atoms with Crippen molar-refractivity contribution in [3.63, 3.8) is 0 Å². The molecule has 0 unspecified atom stereocenters. The van der Waals surface area contributed by atoms with Gasteiger partial charge in [-0.1, -0.05) is 23.7 Å². The number of methoxy groups -OCH3 is 1. The lowest BCUT2D eigenvalue weighted by Crippen LogP contribution is -2.37. The van der Waals surface area contributed by atoms with E-state index in [9.17, 15) is 19.2 Å². The number of esters is 1. The summed E-state index contributed by atoms with van der Waals surface area (Å²) in [6.45, 7) is -1.12. The predicted molar refractivity (Wildman–Crippen MR) is 107 cm³/mol. The number of primary amides is 1. The molecule has 0 aromatic heterocycles. The molecule has 4 N–H and O–H groups in total. The largest absolute Gasteiger partial charge is 0.495 e. The van der Waals surface area contributed by atoms with Crippen molar-refractivity contribution in [2.75, 3.05) is 25.6 Å². The van der Waals surface area contributed by atoms with Crippen LogP contribution in [0.5, 0.6) is 11.5 Å². The number of para-hydroxylation sites is 1. The molecule has 30 heavy (non-hydrogen) atoms. The molecular formula is C19H18ClN3O7. The van der Waals surface area contributed by atoms with E-state index < -0.39 is 37.0 Å². The zero-order valence-corrected chi connectivity index (χ0v) is 16.5. The molecule has 2 rings (SSSR count). The zero-order chi connectivity index (χ0) is 22.1. The second-order valence-corrected chi connectivity index (χ2v) is 6.08. The van der Waals surface area contributed by atoms with Crippen molar-refractivity contribution < 1.29 is 33.4 Å². The van der Waals surface area contributed by atoms with Gasteiger partial charge in [-0.25, -0.2) is 9.59 Å². The number of ether oxygens (including phenoxy) is 3. The van der Waals surface area contributed by atoms with Crippen LogP contribution in [0.3, 0.4) is 0 Å². The Morgan fingerprint density at radius 2 is 1.73 bits per heavy atom. The van der Waals surface area contributed by atoms with E-state index in [4.69, 9.17) is 31.5 Å². The minimum Gasteiger partial charge on any atom is -0.495 e. The fraction of sp³-hybridized carbons (Fsp3) is 0.158. The molecule has 0 heterocycles. The molecule has 4 amide bonds. The first kappa shape index (κ1) is 22.5. The van der Waals surface area contributed by atoms with E-state index in [1.807, 2.05) is 0 Å². The Kier molecular flexibility index (Phi) is 8.00. The maximum Gasteiger partial charge on any atom is 0.342 e. The fourth-order valence-electron chi connectivity index (χ4n) is 2.23. The molecule has 10 nitrogen and oxygen atoms in total. The van der Waals surface area contributed by atoms with Crippen molar-refractivity contribution in [3.05, 3.63) is 53.1 Å². The van der Waals surface area contributed by atoms with E-state index in [-0.39, 0.29) is 11.3 Å². The second-order valence-electron chi connectivity index (χ2n) is 5.67. The van der Waals surface area contributed by atoms with Crippen molar-refractivity contribution >= 4 is 41.1 Å². The van der Waals surface area contributed by atoms with Crippen LogP contribution < -0.4 is 25.8 Å². The summed E-state index contributed by atoms with van der Waals surface area (Å²) in [5, 5.41) is 4.68. The fourth-order valence-corrected chi connectivity index (χ4v) is 2.49. The highest BCUT2D eigenvalue weighted by atomic mass is 35.5. The summed E-state index contributed by atoms with van der Waals surface area (Å²) < 4.78 is 15.2. The molecule has 0 fully saturated rings. The zero-order valence-electron chi connectivity index (χ0n) is 15.8. The number of benzene rings is 2. The number of halogens is 1. The van der Waals surface area contributed by atoms with E-state index in [1.54, 1.807) is 29.6 Å². The van der Waals surface area contributed by atoms with Gasteiger partial charge < -0.3 is 25.3 Å². The molecular weight excluding hydrogens is 418 g/mol. The Morgan fingerprint density at radius 3 is 2.40 bits per heavy atom. The third-order valence-corrected chi connectivity index (χ3v) is 3.79. The number of anilines is 1. The molecule has 2 aromatic rings. The van der Waals surface area contributed by atoms with Crippen LogP contribution in [-0.4, -0.2) is 44.1 Å². The molecule has 0 aliphatic heterocycles. The topological polar surface area (TPSA) is 146 Å². The Bertz CT molecular complexity index is 965. The average Bonchev–Trinajstić information content (AvgIpc) is 2.70. The number of carbonyl (C=O) groups excluding carboxylic acids is 4. The van der Waals surface area contributed by atoms with Gasteiger partial charge in [-0.2, -0.15) is 0 Å². The molecule has 0 aliphatic carbocycles. The predicted octanol–water partition coefficient (Wildman–Crippen LogP) is 1.72. The molecule has 0 aliphatic rings. The van der Waals surface area contributed by atoms with Crippen LogP contribution in [0.2, 0.25) is 5.02 Å². The summed E-state index contributed by atoms with van der Waals surface area (Å²) in [5.74, 6) is -1.73. The van der Waals surface area contributed by atoms with Crippen LogP contribution in [0, 0.1) is 0 Å². The number of imide groups is 1. The Labute approximate surface area is 176 Å². The first-order valence-electron chi connectivity index (χ1n) is 8.41. The SMILES string of the molecule is COc1ccc(NC(=O)COc2ccccc2C(=O)OCC(=O)NC(N)=O)cc1Cl. The van der Waals surface area contributed by atoms with Crippen LogP contribution >= 0.6 is 11.6 Å². The maximum atomic E-state index is 12.2. The third-order valence-electron chi connectivity index (χ3n) is 3.50. The number of nitrogens with one attached hydrogen (secondary N) is 2. The number of urea groups is 1. The number of hydrogen-bond acceptors (Lipinski definition) is 7. The minimum absolute atomic E-state index is 0.00957. The molecule has 0 saturated carbocycles. The summed E-state index contributed by atoms with van der Waals surface area (Å²) in [6, 6.07) is 9.63. The first-order valence-corrected chi connectivity index (χ1v) is 8.79. The number of rotatable bonds is 8. The number of hydrogen-bond donors (Lipinski definition) is 3. The second kappa shape index (κ2) is 10.7. The maximum absolute atomic E-state index is 12.2. The van der Waals surface area contributed by atoms with Gasteiger partial charge in [-0.3, -0.25) is 14.9 Å². The van der Waals surface area contributed by atoms with Crippen molar-refractivity contribution in [3.8, 4) is 11.5 Å². The highest BCUT2D eigenvalue weighted by Crippen LogP contribution is 2.27. The van der Waals surface area contributed by atoms with Gasteiger partial charge >= 0.3 is 12.0 Å². The normalized spacial score (nSPS) is 9.93. The van der Waals surface area contributed by atoms with Gasteiger partial charge in [0.1, 0.15) is 17.1 Å². The van der Waals surface area contributed by atoms with Crippen LogP contribution in [-0.2, 0) is 14.3 Å². The van der Waals surface area contributed by atoms with Gasteiger partial charge in [-0.15, -0.1) is 0 Å². The molecule has 2 aromatic carbocycles. The summed E-state index contributed by atoms with van der Waals surface area (Å²) in [7, 11) is 1.47. The Balaban J connectivity index is 1.94. The van der Waals surface area contributed by atoms with E-state index in [0.29, 0.717) is 16.5 Å². The smallest absolute Gasteiger partial charge is 0.342 e. The van der Waals surface area contributed by atoms with Gasteiger partial charge in [0, 0.05) is 5.69 Å². The van der Waals surface area contributed by atoms with Gasteiger partial charge in [-0.05, 0) is 30.3 Å². The summed E-state index contributed by atoms with van der Waals surface area (Å²) in [5.41, 5.74) is 5.22. The monoisotopic (exact) mass is 435 g/mol. The van der Waals surface area contributed by atoms with Crippen molar-refractivity contribution in [1.29, 1.82) is 0 Å². The van der Waals surface area contributed by atoms with E-state index >= 15 is 0 Å². The molecule has 0 radical (unpaired) electrons. The lowest BCUT2D eigenvalue weighted by atomic mass is 10.2. The minimum atomic E-state index is -1.07. The molecule has 0 spiro atoms. The van der Waals surface area contributed by atoms with Crippen molar-refractivity contribution in [2.24, 2.45) is 5.73 Å². The van der Waals surface area contributed by atoms with Crippen molar-refractivity contribution in [1.82, 2.24) is 5.32 Å². The van der Waals surface area contributed by atoms with Crippen LogP contribution in [0.1, 0.15) is 10.4 Å². The number of carbonyl (C=O) groups is 4. The first-order chi connectivity index (χ1) is 14.3. The highest BCUT2D eigenvalue weighted by molar-refractivity contribution is 6.32. The van der Waals surface area contributed by atoms with E-state index in [0.717, 1.165) is 0 Å². The summed E-state index contributed by atoms with van der Waals surface area (Å²) in [6.07, 6.45) is 0. The lowest BCUT2D eigenvalue weighted by molar-refractivity contribution is -0.123. The van der Waals surface area contributed by atoms with Gasteiger partial charge in [0.15, 0.2) is 13.2 Å². The van der Waals surface area contributed by atoms with Crippen LogP contribution in [0.15, 0.2) is 42.5 Å². The summed E-state index contributed by atoms with van der Waals surface area (Å²) >= 11 is 6.01. The molecule has 0 atom stereocenters. The van der Waals surface area contributed by atoms with Gasteiger partial charge in [0.2, 0.25) is 0 Å². The quantitative estimate of drug-likeness (QED) is 0.535. The Hall–Kier alpha value is -3.79. The summed E-state index contributed by atoms with van der Waals surface area (Å²) in [4.78, 5) is 46.2. The van der Waals surface area contributed by atoms with E-state index in [1.165, 1.54) is 25.3 Å². The van der Waals surface area contributed by atoms with Gasteiger partial charge in [0.05, 0.1) is 12.1 Å². The molecule has 158 valence electrons.